The highest BCUT2D eigenvalue weighted by molar-refractivity contribution is 7.07. The predicted molar refractivity (Wildman–Crippen MR) is 82.4 cm³/mol. The van der Waals surface area contributed by atoms with E-state index in [4.69, 9.17) is 9.47 Å². The first-order chi connectivity index (χ1) is 10.1. The molecule has 21 heavy (non-hydrogen) atoms. The van der Waals surface area contributed by atoms with Crippen LogP contribution in [0.5, 0.6) is 0 Å². The largest absolute Gasteiger partial charge is 0.379 e. The highest BCUT2D eigenvalue weighted by atomic mass is 32.1. The van der Waals surface area contributed by atoms with Crippen molar-refractivity contribution in [2.75, 3.05) is 19.8 Å². The van der Waals surface area contributed by atoms with Gasteiger partial charge in [0.2, 0.25) is 5.91 Å². The van der Waals surface area contributed by atoms with E-state index in [1.807, 2.05) is 25.3 Å². The standard InChI is InChI=1S/C15H22N2O3S/c1-11(2)3-6-20-14-4-5-19-8-13(14)17-15(18)7-12-9-21-10-16-12/h3,9-10,13-14H,4-8H2,1-2H3,(H,17,18)/t13-,14+/m0/s1. The van der Waals surface area contributed by atoms with Gasteiger partial charge in [-0.3, -0.25) is 4.79 Å². The number of aromatic nitrogens is 1. The van der Waals surface area contributed by atoms with Gasteiger partial charge >= 0.3 is 0 Å². The summed E-state index contributed by atoms with van der Waals surface area (Å²) in [6.45, 7) is 5.84. The molecule has 0 aliphatic carbocycles. The van der Waals surface area contributed by atoms with Gasteiger partial charge < -0.3 is 14.8 Å². The smallest absolute Gasteiger partial charge is 0.226 e. The third-order valence-corrected chi connectivity index (χ3v) is 3.90. The zero-order valence-corrected chi connectivity index (χ0v) is 13.3. The van der Waals surface area contributed by atoms with Crippen molar-refractivity contribution in [3.63, 3.8) is 0 Å². The van der Waals surface area contributed by atoms with E-state index < -0.39 is 0 Å². The summed E-state index contributed by atoms with van der Waals surface area (Å²) in [6.07, 6.45) is 3.16. The fourth-order valence-corrected chi connectivity index (χ4v) is 2.70. The molecule has 2 rings (SSSR count). The van der Waals surface area contributed by atoms with Crippen LogP contribution in [0.25, 0.3) is 0 Å². The van der Waals surface area contributed by atoms with E-state index in [2.05, 4.69) is 10.3 Å². The lowest BCUT2D eigenvalue weighted by Gasteiger charge is -2.31. The average Bonchev–Trinajstić information content (AvgIpc) is 2.93. The van der Waals surface area contributed by atoms with Gasteiger partial charge in [-0.25, -0.2) is 4.98 Å². The Kier molecular flexibility index (Phi) is 6.35. The Morgan fingerprint density at radius 3 is 3.19 bits per heavy atom. The minimum Gasteiger partial charge on any atom is -0.379 e. The molecule has 0 unspecified atom stereocenters. The van der Waals surface area contributed by atoms with Crippen LogP contribution >= 0.6 is 11.3 Å². The quantitative estimate of drug-likeness (QED) is 0.816. The lowest BCUT2D eigenvalue weighted by Crippen LogP contribution is -2.51. The van der Waals surface area contributed by atoms with Gasteiger partial charge in [0, 0.05) is 12.0 Å². The van der Waals surface area contributed by atoms with Gasteiger partial charge in [-0.15, -0.1) is 11.3 Å². The van der Waals surface area contributed by atoms with Crippen molar-refractivity contribution in [1.82, 2.24) is 10.3 Å². The van der Waals surface area contributed by atoms with Crippen molar-refractivity contribution in [1.29, 1.82) is 0 Å². The molecule has 0 spiro atoms. The molecule has 0 bridgehead atoms. The second kappa shape index (κ2) is 8.26. The first-order valence-electron chi connectivity index (χ1n) is 7.14. The molecule has 116 valence electrons. The van der Waals surface area contributed by atoms with Crippen molar-refractivity contribution in [3.8, 4) is 0 Å². The summed E-state index contributed by atoms with van der Waals surface area (Å²) >= 11 is 1.50. The van der Waals surface area contributed by atoms with Gasteiger partial charge in [0.05, 0.1) is 43.0 Å². The van der Waals surface area contributed by atoms with Gasteiger partial charge in [-0.05, 0) is 20.3 Å². The highest BCUT2D eigenvalue weighted by Crippen LogP contribution is 2.13. The number of nitrogens with one attached hydrogen (secondary N) is 1. The molecule has 1 saturated heterocycles. The van der Waals surface area contributed by atoms with Crippen LogP contribution < -0.4 is 5.32 Å². The van der Waals surface area contributed by atoms with Crippen LogP contribution in [0, 0.1) is 0 Å². The molecule has 2 heterocycles. The molecule has 1 amide bonds. The van der Waals surface area contributed by atoms with Crippen molar-refractivity contribution in [2.45, 2.75) is 38.8 Å². The fraction of sp³-hybridized carbons (Fsp3) is 0.600. The Hall–Kier alpha value is -1.24. The van der Waals surface area contributed by atoms with Crippen molar-refractivity contribution < 1.29 is 14.3 Å². The van der Waals surface area contributed by atoms with E-state index >= 15 is 0 Å². The lowest BCUT2D eigenvalue weighted by molar-refractivity contribution is -0.125. The number of nitrogens with zero attached hydrogens (tertiary/aromatic N) is 1. The van der Waals surface area contributed by atoms with Crippen LogP contribution in [0.15, 0.2) is 22.5 Å². The molecule has 1 aliphatic rings. The van der Waals surface area contributed by atoms with Gasteiger partial charge in [0.15, 0.2) is 0 Å². The van der Waals surface area contributed by atoms with Crippen molar-refractivity contribution in [2.24, 2.45) is 0 Å². The van der Waals surface area contributed by atoms with E-state index in [-0.39, 0.29) is 18.1 Å². The number of ether oxygens (including phenoxy) is 2. The van der Waals surface area contributed by atoms with Crippen LogP contribution in [-0.4, -0.2) is 42.9 Å². The minimum atomic E-state index is -0.0875. The number of carbonyl (C=O) groups is 1. The van der Waals surface area contributed by atoms with E-state index in [1.165, 1.54) is 16.9 Å². The minimum absolute atomic E-state index is 0.00809. The summed E-state index contributed by atoms with van der Waals surface area (Å²) in [5.74, 6) is -0.0350. The normalized spacial score (nSPS) is 21.8. The predicted octanol–water partition coefficient (Wildman–Crippen LogP) is 1.94. The Morgan fingerprint density at radius 2 is 2.48 bits per heavy atom. The van der Waals surface area contributed by atoms with Crippen LogP contribution in [0.2, 0.25) is 0 Å². The average molecular weight is 310 g/mol. The Labute approximate surface area is 129 Å². The maximum absolute atomic E-state index is 12.0. The Balaban J connectivity index is 1.83. The number of amides is 1. The topological polar surface area (TPSA) is 60.5 Å². The zero-order chi connectivity index (χ0) is 15.1. The SMILES string of the molecule is CC(C)=CCO[C@@H]1CCOC[C@@H]1NC(=O)Cc1cscn1. The summed E-state index contributed by atoms with van der Waals surface area (Å²) < 4.78 is 11.3. The fourth-order valence-electron chi connectivity index (χ4n) is 2.14. The highest BCUT2D eigenvalue weighted by Gasteiger charge is 2.27. The second-order valence-electron chi connectivity index (χ2n) is 5.35. The molecule has 1 N–H and O–H groups in total. The van der Waals surface area contributed by atoms with E-state index in [0.717, 1.165) is 12.1 Å². The monoisotopic (exact) mass is 310 g/mol. The van der Waals surface area contributed by atoms with Crippen LogP contribution in [0.4, 0.5) is 0 Å². The van der Waals surface area contributed by atoms with Crippen molar-refractivity contribution in [3.05, 3.63) is 28.2 Å². The number of allylic oxidation sites excluding steroid dienone is 1. The third-order valence-electron chi connectivity index (χ3n) is 3.27. The zero-order valence-electron chi connectivity index (χ0n) is 12.5. The lowest BCUT2D eigenvalue weighted by atomic mass is 10.1. The molecular weight excluding hydrogens is 288 g/mol. The molecular formula is C15H22N2O3S. The molecule has 0 aromatic carbocycles. The van der Waals surface area contributed by atoms with Crippen LogP contribution in [-0.2, 0) is 20.7 Å². The Bertz CT molecular complexity index is 469. The van der Waals surface area contributed by atoms with E-state index in [9.17, 15) is 4.79 Å². The molecule has 0 saturated carbocycles. The summed E-state index contributed by atoms with van der Waals surface area (Å²) in [7, 11) is 0. The second-order valence-corrected chi connectivity index (χ2v) is 6.07. The molecule has 0 radical (unpaired) electrons. The Morgan fingerprint density at radius 1 is 1.62 bits per heavy atom. The molecule has 5 nitrogen and oxygen atoms in total. The number of carbonyl (C=O) groups excluding carboxylic acids is 1. The van der Waals surface area contributed by atoms with Crippen molar-refractivity contribution >= 4 is 17.2 Å². The molecule has 1 fully saturated rings. The first-order valence-corrected chi connectivity index (χ1v) is 8.08. The molecule has 1 aliphatic heterocycles. The summed E-state index contributed by atoms with van der Waals surface area (Å²) in [5, 5.41) is 4.89. The number of thiazole rings is 1. The molecule has 2 atom stereocenters. The summed E-state index contributed by atoms with van der Waals surface area (Å²) in [4.78, 5) is 16.2. The first kappa shape index (κ1) is 16.1. The van der Waals surface area contributed by atoms with Gasteiger partial charge in [-0.2, -0.15) is 0 Å². The van der Waals surface area contributed by atoms with Crippen LogP contribution in [0.1, 0.15) is 26.0 Å². The maximum atomic E-state index is 12.0. The van der Waals surface area contributed by atoms with Gasteiger partial charge in [0.25, 0.3) is 0 Å². The molecule has 6 heteroatoms. The number of hydrogen-bond acceptors (Lipinski definition) is 5. The van der Waals surface area contributed by atoms with Crippen LogP contribution in [0.3, 0.4) is 0 Å². The third kappa shape index (κ3) is 5.57. The number of hydrogen-bond donors (Lipinski definition) is 1. The number of rotatable bonds is 6. The van der Waals surface area contributed by atoms with Gasteiger partial charge in [0.1, 0.15) is 0 Å². The summed E-state index contributed by atoms with van der Waals surface area (Å²) in [6, 6.07) is -0.0875. The van der Waals surface area contributed by atoms with Gasteiger partial charge in [-0.1, -0.05) is 11.6 Å². The van der Waals surface area contributed by atoms with E-state index in [0.29, 0.717) is 26.2 Å². The molecule has 1 aromatic heterocycles. The summed E-state index contributed by atoms with van der Waals surface area (Å²) in [5.41, 5.74) is 3.76. The van der Waals surface area contributed by atoms with E-state index in [1.54, 1.807) is 5.51 Å². The maximum Gasteiger partial charge on any atom is 0.226 e. The molecule has 1 aromatic rings.